The molecule has 0 aliphatic heterocycles. The Bertz CT molecular complexity index is 184. The van der Waals surface area contributed by atoms with Gasteiger partial charge in [-0.25, -0.2) is 0 Å². The van der Waals surface area contributed by atoms with Gasteiger partial charge in [-0.3, -0.25) is 0 Å². The van der Waals surface area contributed by atoms with Gasteiger partial charge in [0.15, 0.2) is 0 Å². The molecule has 1 aliphatic carbocycles. The molecule has 0 spiro atoms. The maximum absolute atomic E-state index is 3.57. The van der Waals surface area contributed by atoms with Crippen LogP contribution in [0.2, 0.25) is 0 Å². The van der Waals surface area contributed by atoms with E-state index in [0.717, 1.165) is 0 Å². The first-order valence-electron chi connectivity index (χ1n) is 4.38. The lowest BCUT2D eigenvalue weighted by atomic mass is 10.1. The first-order valence-corrected chi connectivity index (χ1v) is 4.38. The normalized spacial score (nSPS) is 19.2. The van der Waals surface area contributed by atoms with E-state index >= 15 is 0 Å². The maximum Gasteiger partial charge on any atom is -0.000346 e. The summed E-state index contributed by atoms with van der Waals surface area (Å²) in [5, 5.41) is 0. The van der Waals surface area contributed by atoms with E-state index in [0.29, 0.717) is 5.92 Å². The molecular weight excluding hydrogens is 132 g/mol. The van der Waals surface area contributed by atoms with Crippen LogP contribution in [0.5, 0.6) is 0 Å². The summed E-state index contributed by atoms with van der Waals surface area (Å²) in [5.74, 6) is 0.528. The molecule has 1 fully saturated rings. The molecule has 1 atom stereocenters. The molecule has 0 aromatic rings. The van der Waals surface area contributed by atoms with Crippen LogP contribution < -0.4 is 0 Å². The summed E-state index contributed by atoms with van der Waals surface area (Å²) in [7, 11) is 0. The van der Waals surface area contributed by atoms with Crippen LogP contribution >= 0.6 is 0 Å². The van der Waals surface area contributed by atoms with E-state index in [4.69, 9.17) is 0 Å². The van der Waals surface area contributed by atoms with Crippen LogP contribution in [-0.2, 0) is 0 Å². The zero-order chi connectivity index (χ0) is 8.10. The van der Waals surface area contributed by atoms with Crippen molar-refractivity contribution < 1.29 is 0 Å². The molecule has 0 N–H and O–H groups in total. The van der Waals surface area contributed by atoms with Crippen LogP contribution in [0.1, 0.15) is 32.6 Å². The average molecular weight is 148 g/mol. The Kier molecular flexibility index (Phi) is 3.19. The fraction of sp³-hybridized carbons (Fsp3) is 0.545. The smallest absolute Gasteiger partial charge is 0.000346 e. The zero-order valence-electron chi connectivity index (χ0n) is 7.27. The lowest BCUT2D eigenvalue weighted by Gasteiger charge is -1.99. The first-order chi connectivity index (χ1) is 5.33. The highest BCUT2D eigenvalue weighted by Crippen LogP contribution is 2.25. The summed E-state index contributed by atoms with van der Waals surface area (Å²) in [4.78, 5) is 0. The van der Waals surface area contributed by atoms with Crippen molar-refractivity contribution in [2.24, 2.45) is 5.92 Å². The molecule has 0 radical (unpaired) electrons. The van der Waals surface area contributed by atoms with Crippen molar-refractivity contribution in [2.45, 2.75) is 32.6 Å². The molecule has 1 aliphatic rings. The van der Waals surface area contributed by atoms with Crippen molar-refractivity contribution in [3.8, 4) is 0 Å². The second-order valence-electron chi connectivity index (χ2n) is 3.26. The molecule has 0 heteroatoms. The summed E-state index contributed by atoms with van der Waals surface area (Å²) < 4.78 is 0. The molecule has 1 rings (SSSR count). The summed E-state index contributed by atoms with van der Waals surface area (Å²) in [5.41, 5.74) is 4.45. The van der Waals surface area contributed by atoms with Gasteiger partial charge in [0.05, 0.1) is 0 Å². The molecule has 0 saturated heterocycles. The van der Waals surface area contributed by atoms with Gasteiger partial charge in [-0.2, -0.15) is 0 Å². The highest BCUT2D eigenvalue weighted by atomic mass is 14.1. The lowest BCUT2D eigenvalue weighted by Crippen LogP contribution is -1.83. The van der Waals surface area contributed by atoms with Gasteiger partial charge in [-0.15, -0.1) is 5.73 Å². The highest BCUT2D eigenvalue weighted by molar-refractivity contribution is 5.10. The van der Waals surface area contributed by atoms with Gasteiger partial charge in [-0.1, -0.05) is 25.2 Å². The van der Waals surface area contributed by atoms with Crippen molar-refractivity contribution in [2.75, 3.05) is 0 Å². The molecule has 1 saturated carbocycles. The standard InChI is InChI=1S/C11H16/c1-3-6-10(2)9-11-7-4-5-8-11/h6,9-10H,1,4-5,7-8H2,2H3. The summed E-state index contributed by atoms with van der Waals surface area (Å²) in [6.07, 6.45) is 9.77. The van der Waals surface area contributed by atoms with Crippen LogP contribution in [0.4, 0.5) is 0 Å². The second-order valence-corrected chi connectivity index (χ2v) is 3.26. The van der Waals surface area contributed by atoms with Crippen LogP contribution in [-0.4, -0.2) is 0 Å². The molecule has 11 heavy (non-hydrogen) atoms. The van der Waals surface area contributed by atoms with E-state index in [1.807, 2.05) is 6.08 Å². The van der Waals surface area contributed by atoms with Crippen molar-refractivity contribution >= 4 is 0 Å². The van der Waals surface area contributed by atoms with Crippen molar-refractivity contribution in [3.05, 3.63) is 30.0 Å². The average Bonchev–Trinajstić information content (AvgIpc) is 2.40. The predicted octanol–water partition coefficient (Wildman–Crippen LogP) is 3.46. The molecule has 0 bridgehead atoms. The molecule has 0 aromatic heterocycles. The summed E-state index contributed by atoms with van der Waals surface area (Å²) in [6, 6.07) is 0. The maximum atomic E-state index is 3.57. The predicted molar refractivity (Wildman–Crippen MR) is 49.4 cm³/mol. The number of allylic oxidation sites excluding steroid dienone is 3. The van der Waals surface area contributed by atoms with Gasteiger partial charge in [-0.05, 0) is 37.7 Å². The minimum absolute atomic E-state index is 0.528. The first kappa shape index (κ1) is 8.36. The van der Waals surface area contributed by atoms with E-state index in [2.05, 4.69) is 25.3 Å². The summed E-state index contributed by atoms with van der Waals surface area (Å²) in [6.45, 7) is 5.75. The third kappa shape index (κ3) is 2.78. The minimum atomic E-state index is 0.528. The topological polar surface area (TPSA) is 0 Å². The highest BCUT2D eigenvalue weighted by Gasteiger charge is 2.06. The van der Waals surface area contributed by atoms with E-state index in [1.54, 1.807) is 5.57 Å². The van der Waals surface area contributed by atoms with Crippen molar-refractivity contribution in [1.82, 2.24) is 0 Å². The molecule has 1 unspecified atom stereocenters. The van der Waals surface area contributed by atoms with Crippen LogP contribution in [0, 0.1) is 5.92 Å². The van der Waals surface area contributed by atoms with Crippen LogP contribution in [0.25, 0.3) is 0 Å². The molecule has 0 aromatic carbocycles. The van der Waals surface area contributed by atoms with Gasteiger partial charge in [0, 0.05) is 0 Å². The van der Waals surface area contributed by atoms with Gasteiger partial charge >= 0.3 is 0 Å². The Morgan fingerprint density at radius 1 is 1.45 bits per heavy atom. The van der Waals surface area contributed by atoms with Crippen molar-refractivity contribution in [3.63, 3.8) is 0 Å². The van der Waals surface area contributed by atoms with Crippen LogP contribution in [0.15, 0.2) is 30.0 Å². The quantitative estimate of drug-likeness (QED) is 0.415. The lowest BCUT2D eigenvalue weighted by molar-refractivity contribution is 0.886. The fourth-order valence-corrected chi connectivity index (χ4v) is 1.60. The Morgan fingerprint density at radius 3 is 2.64 bits per heavy atom. The van der Waals surface area contributed by atoms with Gasteiger partial charge in [0.25, 0.3) is 0 Å². The van der Waals surface area contributed by atoms with Gasteiger partial charge in [0.2, 0.25) is 0 Å². The Hall–Kier alpha value is -0.740. The molecule has 0 nitrogen and oxygen atoms in total. The third-order valence-corrected chi connectivity index (χ3v) is 2.13. The van der Waals surface area contributed by atoms with Gasteiger partial charge < -0.3 is 0 Å². The van der Waals surface area contributed by atoms with Crippen LogP contribution in [0.3, 0.4) is 0 Å². The van der Waals surface area contributed by atoms with Gasteiger partial charge in [0.1, 0.15) is 0 Å². The zero-order valence-corrected chi connectivity index (χ0v) is 7.27. The third-order valence-electron chi connectivity index (χ3n) is 2.13. The Balaban J connectivity index is 2.48. The minimum Gasteiger partial charge on any atom is -0.132 e. The molecule has 0 heterocycles. The summed E-state index contributed by atoms with van der Waals surface area (Å²) >= 11 is 0. The Morgan fingerprint density at radius 2 is 2.09 bits per heavy atom. The fourth-order valence-electron chi connectivity index (χ4n) is 1.60. The largest absolute Gasteiger partial charge is 0.132 e. The van der Waals surface area contributed by atoms with E-state index in [-0.39, 0.29) is 0 Å². The molecular formula is C11H16. The number of hydrogen-bond donors (Lipinski definition) is 0. The van der Waals surface area contributed by atoms with Crippen molar-refractivity contribution in [1.29, 1.82) is 0 Å². The van der Waals surface area contributed by atoms with E-state index < -0.39 is 0 Å². The van der Waals surface area contributed by atoms with E-state index in [9.17, 15) is 0 Å². The monoisotopic (exact) mass is 148 g/mol. The number of rotatable bonds is 2. The molecule has 60 valence electrons. The number of hydrogen-bond acceptors (Lipinski definition) is 0. The SMILES string of the molecule is C=C=CC(C)C=C1CCCC1. The Labute approximate surface area is 69.3 Å². The second kappa shape index (κ2) is 4.20. The van der Waals surface area contributed by atoms with E-state index in [1.165, 1.54) is 25.7 Å². The molecule has 0 amide bonds.